The van der Waals surface area contributed by atoms with Crippen molar-refractivity contribution in [1.29, 1.82) is 0 Å². The molecule has 6 heteroatoms. The molecule has 1 aromatic rings. The van der Waals surface area contributed by atoms with E-state index in [9.17, 15) is 4.39 Å². The third kappa shape index (κ3) is 9.10. The maximum absolute atomic E-state index is 13.1. The van der Waals surface area contributed by atoms with Crippen LogP contribution in [0.3, 0.4) is 0 Å². The summed E-state index contributed by atoms with van der Waals surface area (Å²) in [6, 6.07) is 6.54. The molecule has 1 saturated carbocycles. The molecule has 0 amide bonds. The van der Waals surface area contributed by atoms with Crippen molar-refractivity contribution in [3.8, 4) is 0 Å². The van der Waals surface area contributed by atoms with E-state index in [1.54, 1.807) is 6.07 Å². The van der Waals surface area contributed by atoms with Crippen molar-refractivity contribution in [1.82, 2.24) is 10.6 Å². The molecule has 0 radical (unpaired) electrons. The highest BCUT2D eigenvalue weighted by molar-refractivity contribution is 14.0. The highest BCUT2D eigenvalue weighted by atomic mass is 127. The summed E-state index contributed by atoms with van der Waals surface area (Å²) in [5, 5.41) is 6.47. The van der Waals surface area contributed by atoms with Crippen molar-refractivity contribution in [2.24, 2.45) is 10.9 Å². The van der Waals surface area contributed by atoms with Gasteiger partial charge in [0.25, 0.3) is 0 Å². The molecule has 0 unspecified atom stereocenters. The molecule has 0 spiro atoms. The molecule has 1 aliphatic rings. The van der Waals surface area contributed by atoms with Crippen molar-refractivity contribution in [3.05, 3.63) is 35.6 Å². The number of hydrogen-bond acceptors (Lipinski definition) is 2. The minimum atomic E-state index is -0.224. The Balaban J connectivity index is 0.00000264. The maximum Gasteiger partial charge on any atom is 0.191 e. The number of halogens is 2. The van der Waals surface area contributed by atoms with Crippen molar-refractivity contribution in [2.45, 2.75) is 32.7 Å². The third-order valence-corrected chi connectivity index (χ3v) is 3.46. The number of hydrogen-bond donors (Lipinski definition) is 2. The molecule has 1 aromatic carbocycles. The molecule has 0 bridgehead atoms. The summed E-state index contributed by atoms with van der Waals surface area (Å²) in [6.07, 6.45) is 3.61. The lowest BCUT2D eigenvalue weighted by Gasteiger charge is -2.11. The van der Waals surface area contributed by atoms with E-state index in [0.717, 1.165) is 50.2 Å². The Bertz CT molecular complexity index is 481. The fourth-order valence-electron chi connectivity index (χ4n) is 2.06. The van der Waals surface area contributed by atoms with Crippen molar-refractivity contribution in [2.75, 3.05) is 26.3 Å². The Morgan fingerprint density at radius 1 is 1.35 bits per heavy atom. The van der Waals surface area contributed by atoms with E-state index >= 15 is 0 Å². The Morgan fingerprint density at radius 2 is 2.17 bits per heavy atom. The standard InChI is InChI=1S/C17H26FN3O.HI/c1-2-19-17(20-9-4-10-22-13-14-7-8-14)21-12-15-5-3-6-16(18)11-15;/h3,5-6,11,14H,2,4,7-10,12-13H2,1H3,(H2,19,20,21);1H. The van der Waals surface area contributed by atoms with Crippen LogP contribution in [0, 0.1) is 11.7 Å². The van der Waals surface area contributed by atoms with Crippen LogP contribution in [0.25, 0.3) is 0 Å². The van der Waals surface area contributed by atoms with Crippen LogP contribution in [-0.4, -0.2) is 32.3 Å². The number of benzene rings is 1. The zero-order valence-corrected chi connectivity index (χ0v) is 16.0. The predicted octanol–water partition coefficient (Wildman–Crippen LogP) is 3.32. The molecule has 0 atom stereocenters. The largest absolute Gasteiger partial charge is 0.381 e. The van der Waals surface area contributed by atoms with Crippen molar-refractivity contribution >= 4 is 29.9 Å². The highest BCUT2D eigenvalue weighted by Gasteiger charge is 2.20. The summed E-state index contributed by atoms with van der Waals surface area (Å²) in [5.41, 5.74) is 0.866. The lowest BCUT2D eigenvalue weighted by Crippen LogP contribution is -2.38. The number of nitrogens with zero attached hydrogens (tertiary/aromatic N) is 1. The minimum absolute atomic E-state index is 0. The van der Waals surface area contributed by atoms with E-state index in [1.807, 2.05) is 13.0 Å². The van der Waals surface area contributed by atoms with Gasteiger partial charge in [-0.2, -0.15) is 0 Å². The van der Waals surface area contributed by atoms with Gasteiger partial charge in [-0.05, 0) is 49.8 Å². The summed E-state index contributed by atoms with van der Waals surface area (Å²) in [4.78, 5) is 4.47. The fraction of sp³-hybridized carbons (Fsp3) is 0.588. The van der Waals surface area contributed by atoms with E-state index in [4.69, 9.17) is 4.74 Å². The van der Waals surface area contributed by atoms with E-state index in [1.165, 1.54) is 25.0 Å². The van der Waals surface area contributed by atoms with Gasteiger partial charge >= 0.3 is 0 Å². The molecule has 1 aliphatic carbocycles. The Hall–Kier alpha value is -0.890. The number of rotatable bonds is 9. The number of aliphatic imine (C=N–C) groups is 1. The van der Waals surface area contributed by atoms with Crippen molar-refractivity contribution in [3.63, 3.8) is 0 Å². The Labute approximate surface area is 155 Å². The quantitative estimate of drug-likeness (QED) is 0.271. The first-order chi connectivity index (χ1) is 10.8. The van der Waals surface area contributed by atoms with E-state index in [0.29, 0.717) is 6.54 Å². The Kier molecular flexibility index (Phi) is 10.2. The highest BCUT2D eigenvalue weighted by Crippen LogP contribution is 2.28. The van der Waals surface area contributed by atoms with Gasteiger partial charge in [-0.25, -0.2) is 9.38 Å². The monoisotopic (exact) mass is 435 g/mol. The van der Waals surface area contributed by atoms with E-state index in [2.05, 4.69) is 15.6 Å². The minimum Gasteiger partial charge on any atom is -0.381 e. The first-order valence-corrected chi connectivity index (χ1v) is 8.12. The van der Waals surface area contributed by atoms with Gasteiger partial charge in [-0.1, -0.05) is 12.1 Å². The lowest BCUT2D eigenvalue weighted by atomic mass is 10.2. The average molecular weight is 435 g/mol. The topological polar surface area (TPSA) is 45.7 Å². The van der Waals surface area contributed by atoms with Crippen LogP contribution >= 0.6 is 24.0 Å². The van der Waals surface area contributed by atoms with Crippen LogP contribution in [0.5, 0.6) is 0 Å². The maximum atomic E-state index is 13.1. The molecule has 2 rings (SSSR count). The first kappa shape index (κ1) is 20.2. The van der Waals surface area contributed by atoms with Gasteiger partial charge in [-0.15, -0.1) is 24.0 Å². The Morgan fingerprint density at radius 3 is 2.87 bits per heavy atom. The zero-order chi connectivity index (χ0) is 15.6. The van der Waals surface area contributed by atoms with Gasteiger partial charge in [0.1, 0.15) is 5.82 Å². The lowest BCUT2D eigenvalue weighted by molar-refractivity contribution is 0.123. The normalized spacial score (nSPS) is 14.3. The molecule has 2 N–H and O–H groups in total. The van der Waals surface area contributed by atoms with Gasteiger partial charge in [0, 0.05) is 26.3 Å². The summed E-state index contributed by atoms with van der Waals surface area (Å²) in [5.74, 6) is 1.35. The molecule has 130 valence electrons. The molecular weight excluding hydrogens is 408 g/mol. The van der Waals surface area contributed by atoms with Crippen LogP contribution in [0.15, 0.2) is 29.3 Å². The average Bonchev–Trinajstić information content (AvgIpc) is 3.32. The summed E-state index contributed by atoms with van der Waals surface area (Å²) in [7, 11) is 0. The van der Waals surface area contributed by atoms with Gasteiger partial charge in [0.05, 0.1) is 6.54 Å². The van der Waals surface area contributed by atoms with Gasteiger partial charge in [0.2, 0.25) is 0 Å². The zero-order valence-electron chi connectivity index (χ0n) is 13.7. The van der Waals surface area contributed by atoms with Crippen LogP contribution in [0.2, 0.25) is 0 Å². The van der Waals surface area contributed by atoms with Crippen LogP contribution in [-0.2, 0) is 11.3 Å². The van der Waals surface area contributed by atoms with Crippen LogP contribution in [0.4, 0.5) is 4.39 Å². The smallest absolute Gasteiger partial charge is 0.191 e. The van der Waals surface area contributed by atoms with Crippen LogP contribution in [0.1, 0.15) is 31.7 Å². The summed E-state index contributed by atoms with van der Waals surface area (Å²) in [6.45, 7) is 5.80. The van der Waals surface area contributed by atoms with E-state index in [-0.39, 0.29) is 29.8 Å². The molecule has 0 aliphatic heterocycles. The SMILES string of the molecule is CCNC(=NCc1cccc(F)c1)NCCCOCC1CC1.I. The molecule has 0 heterocycles. The van der Waals surface area contributed by atoms with Crippen molar-refractivity contribution < 1.29 is 9.13 Å². The predicted molar refractivity (Wildman–Crippen MR) is 103 cm³/mol. The second kappa shape index (κ2) is 11.6. The van der Waals surface area contributed by atoms with E-state index < -0.39 is 0 Å². The molecule has 23 heavy (non-hydrogen) atoms. The second-order valence-electron chi connectivity index (χ2n) is 5.62. The molecule has 0 aromatic heterocycles. The molecule has 4 nitrogen and oxygen atoms in total. The molecule has 0 saturated heterocycles. The molecule has 1 fully saturated rings. The summed E-state index contributed by atoms with van der Waals surface area (Å²) >= 11 is 0. The fourth-order valence-corrected chi connectivity index (χ4v) is 2.06. The second-order valence-corrected chi connectivity index (χ2v) is 5.62. The third-order valence-electron chi connectivity index (χ3n) is 3.46. The van der Waals surface area contributed by atoms with Gasteiger partial charge < -0.3 is 15.4 Å². The van der Waals surface area contributed by atoms with Crippen LogP contribution < -0.4 is 10.6 Å². The first-order valence-electron chi connectivity index (χ1n) is 8.12. The summed E-state index contributed by atoms with van der Waals surface area (Å²) < 4.78 is 18.7. The number of nitrogens with one attached hydrogen (secondary N) is 2. The van der Waals surface area contributed by atoms with Gasteiger partial charge in [-0.3, -0.25) is 0 Å². The number of guanidine groups is 1. The number of ether oxygens (including phenoxy) is 1. The molecular formula is C17H27FIN3O. The van der Waals surface area contributed by atoms with Gasteiger partial charge in [0.15, 0.2) is 5.96 Å².